The van der Waals surface area contributed by atoms with Crippen molar-refractivity contribution in [1.29, 1.82) is 0 Å². The van der Waals surface area contributed by atoms with Gasteiger partial charge >= 0.3 is 0 Å². The summed E-state index contributed by atoms with van der Waals surface area (Å²) in [6.45, 7) is 0. The lowest BCUT2D eigenvalue weighted by Crippen LogP contribution is -2.30. The van der Waals surface area contributed by atoms with Crippen molar-refractivity contribution < 1.29 is 14.3 Å². The predicted molar refractivity (Wildman–Crippen MR) is 115 cm³/mol. The van der Waals surface area contributed by atoms with Crippen LogP contribution in [-0.2, 0) is 4.79 Å². The van der Waals surface area contributed by atoms with Crippen molar-refractivity contribution in [2.24, 2.45) is 0 Å². The van der Waals surface area contributed by atoms with Gasteiger partial charge in [-0.2, -0.15) is 0 Å². The first kappa shape index (κ1) is 20.2. The van der Waals surface area contributed by atoms with E-state index in [2.05, 4.69) is 10.6 Å². The number of para-hydroxylation sites is 1. The third-order valence-electron chi connectivity index (χ3n) is 4.05. The fraction of sp³-hybridized carbons (Fsp3) is 0.0435. The van der Waals surface area contributed by atoms with Crippen molar-refractivity contribution in [2.75, 3.05) is 12.4 Å². The molecule has 3 aromatic rings. The minimum absolute atomic E-state index is 0.0725. The third kappa shape index (κ3) is 5.46. The topological polar surface area (TPSA) is 67.4 Å². The highest BCUT2D eigenvalue weighted by Gasteiger charge is 2.16. The van der Waals surface area contributed by atoms with Gasteiger partial charge < -0.3 is 15.4 Å². The Balaban J connectivity index is 1.93. The lowest BCUT2D eigenvalue weighted by molar-refractivity contribution is -0.113. The molecule has 0 unspecified atom stereocenters. The highest BCUT2D eigenvalue weighted by molar-refractivity contribution is 6.31. The molecular weight excluding hydrogens is 388 g/mol. The van der Waals surface area contributed by atoms with Gasteiger partial charge in [0, 0.05) is 21.8 Å². The van der Waals surface area contributed by atoms with E-state index in [0.717, 1.165) is 0 Å². The van der Waals surface area contributed by atoms with Gasteiger partial charge in [-0.1, -0.05) is 54.1 Å². The Bertz CT molecular complexity index is 1050. The lowest BCUT2D eigenvalue weighted by Gasteiger charge is -2.12. The number of methoxy groups -OCH3 is 1. The molecule has 6 heteroatoms. The summed E-state index contributed by atoms with van der Waals surface area (Å²) in [5, 5.41) is 5.93. The molecule has 0 bridgehead atoms. The Kier molecular flexibility index (Phi) is 6.66. The van der Waals surface area contributed by atoms with Crippen LogP contribution in [0, 0.1) is 0 Å². The second-order valence-corrected chi connectivity index (χ2v) is 6.52. The van der Waals surface area contributed by atoms with Gasteiger partial charge in [0.1, 0.15) is 11.4 Å². The van der Waals surface area contributed by atoms with Crippen LogP contribution < -0.4 is 15.4 Å². The third-order valence-corrected chi connectivity index (χ3v) is 4.29. The van der Waals surface area contributed by atoms with Crippen molar-refractivity contribution >= 4 is 35.2 Å². The van der Waals surface area contributed by atoms with Crippen LogP contribution in [0.2, 0.25) is 5.02 Å². The molecule has 0 aliphatic heterocycles. The molecule has 3 rings (SSSR count). The zero-order valence-electron chi connectivity index (χ0n) is 15.7. The SMILES string of the molecule is COc1ccccc1/C=C(/NC(=O)c1ccccc1)C(=O)Nc1cccc(Cl)c1. The van der Waals surface area contributed by atoms with Gasteiger partial charge in [0.25, 0.3) is 11.8 Å². The molecule has 0 aliphatic rings. The Morgan fingerprint density at radius 1 is 0.931 bits per heavy atom. The molecule has 3 aromatic carbocycles. The summed E-state index contributed by atoms with van der Waals surface area (Å²) in [7, 11) is 1.54. The molecule has 2 N–H and O–H groups in total. The molecule has 0 heterocycles. The first-order chi connectivity index (χ1) is 14.1. The molecule has 0 spiro atoms. The summed E-state index contributed by atoms with van der Waals surface area (Å²) in [6.07, 6.45) is 1.57. The van der Waals surface area contributed by atoms with E-state index < -0.39 is 11.8 Å². The summed E-state index contributed by atoms with van der Waals surface area (Å²) < 4.78 is 5.34. The monoisotopic (exact) mass is 406 g/mol. The Labute approximate surface area is 174 Å². The molecule has 146 valence electrons. The Hall–Kier alpha value is -3.57. The van der Waals surface area contributed by atoms with E-state index in [1.165, 1.54) is 0 Å². The van der Waals surface area contributed by atoms with E-state index >= 15 is 0 Å². The van der Waals surface area contributed by atoms with Crippen LogP contribution in [0.15, 0.2) is 84.6 Å². The average molecular weight is 407 g/mol. The van der Waals surface area contributed by atoms with Gasteiger partial charge in [0.15, 0.2) is 0 Å². The second kappa shape index (κ2) is 9.57. The first-order valence-electron chi connectivity index (χ1n) is 8.85. The van der Waals surface area contributed by atoms with Crippen molar-refractivity contribution in [3.63, 3.8) is 0 Å². The highest BCUT2D eigenvalue weighted by atomic mass is 35.5. The maximum absolute atomic E-state index is 12.9. The molecular formula is C23H19ClN2O3. The van der Waals surface area contributed by atoms with Crippen LogP contribution in [0.4, 0.5) is 5.69 Å². The number of rotatable bonds is 6. The van der Waals surface area contributed by atoms with Crippen LogP contribution in [-0.4, -0.2) is 18.9 Å². The summed E-state index contributed by atoms with van der Waals surface area (Å²) in [5.74, 6) is -0.301. The number of halogens is 1. The molecule has 2 amide bonds. The summed E-state index contributed by atoms with van der Waals surface area (Å²) >= 11 is 5.99. The molecule has 29 heavy (non-hydrogen) atoms. The smallest absolute Gasteiger partial charge is 0.272 e. The number of hydrogen-bond donors (Lipinski definition) is 2. The van der Waals surface area contributed by atoms with Crippen LogP contribution in [0.25, 0.3) is 6.08 Å². The zero-order chi connectivity index (χ0) is 20.6. The van der Waals surface area contributed by atoms with Gasteiger partial charge in [0.05, 0.1) is 7.11 Å². The molecule has 0 aromatic heterocycles. The summed E-state index contributed by atoms with van der Waals surface area (Å²) in [5.41, 5.74) is 1.68. The Morgan fingerprint density at radius 3 is 2.38 bits per heavy atom. The van der Waals surface area contributed by atoms with E-state index in [0.29, 0.717) is 27.6 Å². The minimum atomic E-state index is -0.484. The Morgan fingerprint density at radius 2 is 1.66 bits per heavy atom. The van der Waals surface area contributed by atoms with Crippen molar-refractivity contribution in [2.45, 2.75) is 0 Å². The summed E-state index contributed by atoms with van der Waals surface area (Å²) in [4.78, 5) is 25.5. The molecule has 0 radical (unpaired) electrons. The van der Waals surface area contributed by atoms with Gasteiger partial charge in [-0.15, -0.1) is 0 Å². The van der Waals surface area contributed by atoms with Gasteiger partial charge in [-0.25, -0.2) is 0 Å². The molecule has 0 fully saturated rings. The van der Waals surface area contributed by atoms with Crippen molar-refractivity contribution in [3.05, 3.63) is 101 Å². The number of hydrogen-bond acceptors (Lipinski definition) is 3. The number of benzene rings is 3. The van der Waals surface area contributed by atoms with Crippen molar-refractivity contribution in [1.82, 2.24) is 5.32 Å². The van der Waals surface area contributed by atoms with E-state index in [9.17, 15) is 9.59 Å². The molecule has 5 nitrogen and oxygen atoms in total. The van der Waals surface area contributed by atoms with E-state index in [1.54, 1.807) is 73.8 Å². The second-order valence-electron chi connectivity index (χ2n) is 6.08. The van der Waals surface area contributed by atoms with Crippen LogP contribution in [0.5, 0.6) is 5.75 Å². The van der Waals surface area contributed by atoms with E-state index in [4.69, 9.17) is 16.3 Å². The fourth-order valence-electron chi connectivity index (χ4n) is 2.65. The van der Waals surface area contributed by atoms with Crippen LogP contribution in [0.1, 0.15) is 15.9 Å². The minimum Gasteiger partial charge on any atom is -0.496 e. The average Bonchev–Trinajstić information content (AvgIpc) is 2.74. The lowest BCUT2D eigenvalue weighted by atomic mass is 10.1. The van der Waals surface area contributed by atoms with Crippen LogP contribution in [0.3, 0.4) is 0 Å². The number of nitrogens with one attached hydrogen (secondary N) is 2. The first-order valence-corrected chi connectivity index (χ1v) is 9.22. The molecule has 0 atom stereocenters. The summed E-state index contributed by atoms with van der Waals surface area (Å²) in [6, 6.07) is 22.6. The maximum Gasteiger partial charge on any atom is 0.272 e. The van der Waals surface area contributed by atoms with Crippen molar-refractivity contribution in [3.8, 4) is 5.75 Å². The van der Waals surface area contributed by atoms with Gasteiger partial charge in [0.2, 0.25) is 0 Å². The maximum atomic E-state index is 12.9. The predicted octanol–water partition coefficient (Wildman–Crippen LogP) is 4.76. The van der Waals surface area contributed by atoms with Crippen LogP contribution >= 0.6 is 11.6 Å². The fourth-order valence-corrected chi connectivity index (χ4v) is 2.84. The largest absolute Gasteiger partial charge is 0.496 e. The van der Waals surface area contributed by atoms with Gasteiger partial charge in [-0.05, 0) is 42.5 Å². The molecule has 0 saturated carbocycles. The number of amides is 2. The van der Waals surface area contributed by atoms with Gasteiger partial charge in [-0.3, -0.25) is 9.59 Å². The number of carbonyl (C=O) groups is 2. The zero-order valence-corrected chi connectivity index (χ0v) is 16.4. The highest BCUT2D eigenvalue weighted by Crippen LogP contribution is 2.21. The quantitative estimate of drug-likeness (QED) is 0.580. The van der Waals surface area contributed by atoms with E-state index in [1.807, 2.05) is 18.2 Å². The standard InChI is InChI=1S/C23H19ClN2O3/c1-29-21-13-6-5-10-17(21)14-20(26-22(27)16-8-3-2-4-9-16)23(28)25-19-12-7-11-18(24)15-19/h2-15H,1H3,(H,25,28)(H,26,27)/b20-14+. The molecule has 0 aliphatic carbocycles. The number of carbonyl (C=O) groups excluding carboxylic acids is 2. The van der Waals surface area contributed by atoms with E-state index in [-0.39, 0.29) is 5.70 Å². The molecule has 0 saturated heterocycles. The number of ether oxygens (including phenoxy) is 1. The normalized spacial score (nSPS) is 10.9. The number of anilines is 1.